The van der Waals surface area contributed by atoms with Gasteiger partial charge in [-0.05, 0) is 47.5 Å². The van der Waals surface area contributed by atoms with E-state index in [1.54, 1.807) is 14.2 Å². The molecular weight excluding hydrogens is 360 g/mol. The summed E-state index contributed by atoms with van der Waals surface area (Å²) in [6.07, 6.45) is 1.99. The van der Waals surface area contributed by atoms with Crippen LogP contribution in [0.2, 0.25) is 0 Å². The third-order valence-corrected chi connectivity index (χ3v) is 5.78. The molecule has 0 fully saturated rings. The monoisotopic (exact) mass is 388 g/mol. The molecule has 0 bridgehead atoms. The Labute approximate surface area is 165 Å². The Morgan fingerprint density at radius 1 is 1.26 bits per heavy atom. The molecule has 0 amide bonds. The van der Waals surface area contributed by atoms with Gasteiger partial charge >= 0.3 is 0 Å². The molecule has 27 heavy (non-hydrogen) atoms. The van der Waals surface area contributed by atoms with Crippen molar-refractivity contribution < 1.29 is 9.47 Å². The zero-order valence-electron chi connectivity index (χ0n) is 16.0. The second-order valence-electron chi connectivity index (χ2n) is 6.53. The molecule has 0 saturated heterocycles. The van der Waals surface area contributed by atoms with E-state index >= 15 is 0 Å². The van der Waals surface area contributed by atoms with Crippen molar-refractivity contribution in [2.24, 2.45) is 10.7 Å². The van der Waals surface area contributed by atoms with Gasteiger partial charge in [-0.2, -0.15) is 0 Å². The third kappa shape index (κ3) is 5.37. The number of aliphatic imine (C=N–C) groups is 1. The number of thiophene rings is 1. The Kier molecular flexibility index (Phi) is 6.95. The molecular formula is C20H28N4O2S. The number of fused-ring (bicyclic) bond motifs is 1. The van der Waals surface area contributed by atoms with Crippen molar-refractivity contribution in [2.75, 3.05) is 40.4 Å². The molecule has 0 spiro atoms. The van der Waals surface area contributed by atoms with Gasteiger partial charge < -0.3 is 20.5 Å². The maximum Gasteiger partial charge on any atom is 0.188 e. The van der Waals surface area contributed by atoms with Crippen molar-refractivity contribution in [2.45, 2.75) is 19.4 Å². The topological polar surface area (TPSA) is 72.1 Å². The van der Waals surface area contributed by atoms with Crippen LogP contribution in [0.5, 0.6) is 11.5 Å². The summed E-state index contributed by atoms with van der Waals surface area (Å²) in [4.78, 5) is 8.43. The first-order valence-electron chi connectivity index (χ1n) is 9.22. The van der Waals surface area contributed by atoms with E-state index in [1.165, 1.54) is 10.4 Å². The van der Waals surface area contributed by atoms with Crippen LogP contribution in [0, 0.1) is 0 Å². The van der Waals surface area contributed by atoms with Gasteiger partial charge in [-0.25, -0.2) is 0 Å². The minimum Gasteiger partial charge on any atom is -0.493 e. The molecule has 1 aliphatic heterocycles. The van der Waals surface area contributed by atoms with Crippen LogP contribution in [0.25, 0.3) is 0 Å². The summed E-state index contributed by atoms with van der Waals surface area (Å²) < 4.78 is 10.6. The van der Waals surface area contributed by atoms with Crippen LogP contribution >= 0.6 is 11.3 Å². The van der Waals surface area contributed by atoms with Crippen molar-refractivity contribution in [3.8, 4) is 11.5 Å². The molecule has 3 N–H and O–H groups in total. The zero-order chi connectivity index (χ0) is 19.1. The first kappa shape index (κ1) is 19.5. The lowest BCUT2D eigenvalue weighted by Crippen LogP contribution is -2.35. The molecule has 0 unspecified atom stereocenters. The predicted molar refractivity (Wildman–Crippen MR) is 111 cm³/mol. The highest BCUT2D eigenvalue weighted by Crippen LogP contribution is 2.27. The molecule has 2 aromatic rings. The third-order valence-electron chi connectivity index (χ3n) is 4.75. The molecule has 3 rings (SSSR count). The van der Waals surface area contributed by atoms with Gasteiger partial charge in [0.25, 0.3) is 0 Å². The summed E-state index contributed by atoms with van der Waals surface area (Å²) in [6, 6.07) is 8.18. The van der Waals surface area contributed by atoms with E-state index in [0.29, 0.717) is 12.5 Å². The molecule has 1 aliphatic rings. The van der Waals surface area contributed by atoms with Gasteiger partial charge in [-0.3, -0.25) is 9.89 Å². The molecule has 1 aromatic heterocycles. The maximum atomic E-state index is 5.99. The van der Waals surface area contributed by atoms with Gasteiger partial charge in [0.15, 0.2) is 17.5 Å². The average Bonchev–Trinajstić information content (AvgIpc) is 3.15. The molecule has 7 heteroatoms. The highest BCUT2D eigenvalue weighted by Gasteiger charge is 2.16. The van der Waals surface area contributed by atoms with E-state index < -0.39 is 0 Å². The summed E-state index contributed by atoms with van der Waals surface area (Å²) in [5.74, 6) is 1.98. The van der Waals surface area contributed by atoms with Gasteiger partial charge in [0.2, 0.25) is 0 Å². The summed E-state index contributed by atoms with van der Waals surface area (Å²) in [5, 5.41) is 5.37. The highest BCUT2D eigenvalue weighted by atomic mass is 32.1. The summed E-state index contributed by atoms with van der Waals surface area (Å²) in [5.41, 5.74) is 8.62. The number of nitrogens with two attached hydrogens (primary N) is 1. The first-order chi connectivity index (χ1) is 13.2. The normalized spacial score (nSPS) is 14.7. The van der Waals surface area contributed by atoms with Crippen LogP contribution in [-0.4, -0.2) is 51.3 Å². The fourth-order valence-corrected chi connectivity index (χ4v) is 4.13. The Hall–Kier alpha value is -2.25. The second-order valence-corrected chi connectivity index (χ2v) is 7.53. The van der Waals surface area contributed by atoms with Crippen molar-refractivity contribution in [1.29, 1.82) is 0 Å². The van der Waals surface area contributed by atoms with Crippen molar-refractivity contribution in [1.82, 2.24) is 10.2 Å². The van der Waals surface area contributed by atoms with E-state index in [2.05, 4.69) is 26.7 Å². The molecule has 6 nitrogen and oxygen atoms in total. The highest BCUT2D eigenvalue weighted by molar-refractivity contribution is 7.10. The Balaban J connectivity index is 1.38. The molecule has 1 aromatic carbocycles. The van der Waals surface area contributed by atoms with E-state index in [-0.39, 0.29) is 0 Å². The van der Waals surface area contributed by atoms with Crippen LogP contribution in [0.1, 0.15) is 16.0 Å². The minimum absolute atomic E-state index is 0.503. The van der Waals surface area contributed by atoms with Crippen LogP contribution in [0.15, 0.2) is 34.6 Å². The number of benzene rings is 1. The molecule has 0 saturated carbocycles. The number of hydrogen-bond donors (Lipinski definition) is 2. The standard InChI is InChI=1S/C20H28N4O2S/c1-25-17-4-3-15(13-18(17)26-2)5-8-22-20(21)23-9-11-24-10-6-19-16(14-24)7-12-27-19/h3-4,7,12-13H,5-6,8-11,14H2,1-2H3,(H3,21,22,23). The lowest BCUT2D eigenvalue weighted by atomic mass is 10.1. The number of nitrogens with one attached hydrogen (secondary N) is 1. The minimum atomic E-state index is 0.503. The fourth-order valence-electron chi connectivity index (χ4n) is 3.24. The van der Waals surface area contributed by atoms with Crippen molar-refractivity contribution in [3.05, 3.63) is 45.6 Å². The summed E-state index contributed by atoms with van der Waals surface area (Å²) in [6.45, 7) is 4.52. The SMILES string of the molecule is COc1ccc(CCNC(N)=NCCN2CCc3sccc3C2)cc1OC. The lowest BCUT2D eigenvalue weighted by Gasteiger charge is -2.26. The van der Waals surface area contributed by atoms with Gasteiger partial charge in [-0.15, -0.1) is 11.3 Å². The van der Waals surface area contributed by atoms with Gasteiger partial charge in [0.05, 0.1) is 20.8 Å². The van der Waals surface area contributed by atoms with Gasteiger partial charge in [0, 0.05) is 31.1 Å². The number of ether oxygens (including phenoxy) is 2. The van der Waals surface area contributed by atoms with E-state index in [0.717, 1.165) is 56.1 Å². The Morgan fingerprint density at radius 2 is 2.11 bits per heavy atom. The summed E-state index contributed by atoms with van der Waals surface area (Å²) in [7, 11) is 3.28. The van der Waals surface area contributed by atoms with Crippen molar-refractivity contribution >= 4 is 17.3 Å². The van der Waals surface area contributed by atoms with Crippen LogP contribution in [-0.2, 0) is 19.4 Å². The molecule has 2 heterocycles. The van der Waals surface area contributed by atoms with Gasteiger partial charge in [0.1, 0.15) is 0 Å². The van der Waals surface area contributed by atoms with Crippen LogP contribution < -0.4 is 20.5 Å². The predicted octanol–water partition coefficient (Wildman–Crippen LogP) is 2.27. The Bertz CT molecular complexity index is 775. The quantitative estimate of drug-likeness (QED) is 0.536. The maximum absolute atomic E-state index is 5.99. The molecule has 0 atom stereocenters. The van der Waals surface area contributed by atoms with E-state index in [4.69, 9.17) is 15.2 Å². The largest absolute Gasteiger partial charge is 0.493 e. The second kappa shape index (κ2) is 9.62. The van der Waals surface area contributed by atoms with E-state index in [9.17, 15) is 0 Å². The summed E-state index contributed by atoms with van der Waals surface area (Å²) >= 11 is 1.87. The first-order valence-corrected chi connectivity index (χ1v) is 10.1. The molecule has 146 valence electrons. The Morgan fingerprint density at radius 3 is 2.93 bits per heavy atom. The number of rotatable bonds is 8. The molecule has 0 radical (unpaired) electrons. The average molecular weight is 389 g/mol. The zero-order valence-corrected chi connectivity index (χ0v) is 16.8. The number of hydrogen-bond acceptors (Lipinski definition) is 5. The van der Waals surface area contributed by atoms with Crippen LogP contribution in [0.3, 0.4) is 0 Å². The van der Waals surface area contributed by atoms with Gasteiger partial charge in [-0.1, -0.05) is 6.07 Å². The number of nitrogens with zero attached hydrogens (tertiary/aromatic N) is 2. The van der Waals surface area contributed by atoms with Crippen molar-refractivity contribution in [3.63, 3.8) is 0 Å². The number of guanidine groups is 1. The lowest BCUT2D eigenvalue weighted by molar-refractivity contribution is 0.263. The number of methoxy groups -OCH3 is 2. The molecule has 0 aliphatic carbocycles. The fraction of sp³-hybridized carbons (Fsp3) is 0.450. The van der Waals surface area contributed by atoms with Crippen LogP contribution in [0.4, 0.5) is 0 Å². The smallest absolute Gasteiger partial charge is 0.188 e. The van der Waals surface area contributed by atoms with E-state index in [1.807, 2.05) is 29.5 Å².